The Balaban J connectivity index is 1.84. The Morgan fingerprint density at radius 3 is 2.38 bits per heavy atom. The van der Waals surface area contributed by atoms with Crippen LogP contribution in [-0.2, 0) is 13.0 Å². The zero-order valence-electron chi connectivity index (χ0n) is 12.2. The highest BCUT2D eigenvalue weighted by Gasteiger charge is 2.24. The number of hydrogen-bond donors (Lipinski definition) is 0. The second kappa shape index (κ2) is 4.85. The summed E-state index contributed by atoms with van der Waals surface area (Å²) in [6.07, 6.45) is 3.21. The number of pyridine rings is 1. The smallest absolute Gasteiger partial charge is 0.193 e. The molecule has 1 heteroatoms. The second-order valence-corrected chi connectivity index (χ2v) is 5.81. The zero-order valence-corrected chi connectivity index (χ0v) is 12.2. The van der Waals surface area contributed by atoms with Gasteiger partial charge >= 0.3 is 0 Å². The Kier molecular flexibility index (Phi) is 2.85. The molecule has 1 aromatic heterocycles. The number of aromatic nitrogens is 1. The number of aryl methyl sites for hydroxylation is 1. The lowest BCUT2D eigenvalue weighted by Crippen LogP contribution is -2.42. The standard InChI is InChI=1S/C20H18N/c1-15-8-10-16(11-9-15)19-7-4-12-21-14-18-6-3-2-5-17(18)13-20(19)21/h2-12H,13-14H2,1H3/q+1. The molecule has 3 aromatic rings. The van der Waals surface area contributed by atoms with Crippen molar-refractivity contribution < 1.29 is 4.57 Å². The minimum Gasteiger partial charge on any atom is -0.197 e. The van der Waals surface area contributed by atoms with Gasteiger partial charge in [-0.3, -0.25) is 0 Å². The van der Waals surface area contributed by atoms with Gasteiger partial charge < -0.3 is 0 Å². The van der Waals surface area contributed by atoms with E-state index in [1.807, 2.05) is 0 Å². The lowest BCUT2D eigenvalue weighted by molar-refractivity contribution is -0.697. The van der Waals surface area contributed by atoms with Crippen molar-refractivity contribution in [2.45, 2.75) is 19.9 Å². The fraction of sp³-hybridized carbons (Fsp3) is 0.150. The lowest BCUT2D eigenvalue weighted by atomic mass is 9.93. The predicted molar refractivity (Wildman–Crippen MR) is 85.2 cm³/mol. The Labute approximate surface area is 125 Å². The molecule has 1 aliphatic rings. The number of rotatable bonds is 1. The maximum atomic E-state index is 2.39. The molecule has 0 saturated heterocycles. The molecule has 0 saturated carbocycles. The van der Waals surface area contributed by atoms with Crippen molar-refractivity contribution >= 4 is 0 Å². The van der Waals surface area contributed by atoms with Crippen molar-refractivity contribution in [2.75, 3.05) is 0 Å². The van der Waals surface area contributed by atoms with Crippen molar-refractivity contribution in [1.29, 1.82) is 0 Å². The molecule has 0 N–H and O–H groups in total. The van der Waals surface area contributed by atoms with E-state index in [1.54, 1.807) is 0 Å². The third-order valence-corrected chi connectivity index (χ3v) is 4.37. The van der Waals surface area contributed by atoms with Gasteiger partial charge in [-0.25, -0.2) is 0 Å². The van der Waals surface area contributed by atoms with E-state index < -0.39 is 0 Å². The van der Waals surface area contributed by atoms with Crippen LogP contribution in [0.2, 0.25) is 0 Å². The first-order valence-corrected chi connectivity index (χ1v) is 7.46. The van der Waals surface area contributed by atoms with Gasteiger partial charge in [0.2, 0.25) is 0 Å². The van der Waals surface area contributed by atoms with Crippen LogP contribution in [0.3, 0.4) is 0 Å². The largest absolute Gasteiger partial charge is 0.197 e. The van der Waals surface area contributed by atoms with Crippen LogP contribution < -0.4 is 4.57 Å². The first kappa shape index (κ1) is 12.3. The Bertz CT molecular complexity index is 800. The highest BCUT2D eigenvalue weighted by molar-refractivity contribution is 5.66. The fourth-order valence-electron chi connectivity index (χ4n) is 3.17. The van der Waals surface area contributed by atoms with Crippen molar-refractivity contribution in [3.8, 4) is 11.1 Å². The molecule has 0 aliphatic carbocycles. The Morgan fingerprint density at radius 1 is 0.810 bits per heavy atom. The summed E-state index contributed by atoms with van der Waals surface area (Å²) < 4.78 is 2.39. The third kappa shape index (κ3) is 2.15. The number of hydrogen-bond acceptors (Lipinski definition) is 0. The van der Waals surface area contributed by atoms with Crippen LogP contribution in [-0.4, -0.2) is 0 Å². The van der Waals surface area contributed by atoms with Crippen LogP contribution >= 0.6 is 0 Å². The molecule has 102 valence electrons. The first-order chi connectivity index (χ1) is 10.3. The summed E-state index contributed by atoms with van der Waals surface area (Å²) in [4.78, 5) is 0. The van der Waals surface area contributed by atoms with E-state index in [1.165, 1.54) is 33.5 Å². The van der Waals surface area contributed by atoms with Gasteiger partial charge in [0, 0.05) is 17.2 Å². The van der Waals surface area contributed by atoms with Gasteiger partial charge in [-0.2, -0.15) is 4.57 Å². The molecule has 1 nitrogen and oxygen atoms in total. The molecule has 2 aromatic carbocycles. The van der Waals surface area contributed by atoms with E-state index >= 15 is 0 Å². The normalized spacial score (nSPS) is 12.6. The molecule has 1 aliphatic heterocycles. The fourth-order valence-corrected chi connectivity index (χ4v) is 3.17. The monoisotopic (exact) mass is 272 g/mol. The summed E-state index contributed by atoms with van der Waals surface area (Å²) in [6.45, 7) is 3.11. The molecule has 0 unspecified atom stereocenters. The van der Waals surface area contributed by atoms with Crippen LogP contribution in [0.25, 0.3) is 11.1 Å². The quantitative estimate of drug-likeness (QED) is 0.463. The van der Waals surface area contributed by atoms with E-state index in [2.05, 4.69) is 78.4 Å². The lowest BCUT2D eigenvalue weighted by Gasteiger charge is -2.17. The van der Waals surface area contributed by atoms with Crippen LogP contribution in [0.1, 0.15) is 22.4 Å². The van der Waals surface area contributed by atoms with Crippen LogP contribution in [0.5, 0.6) is 0 Å². The molecule has 21 heavy (non-hydrogen) atoms. The summed E-state index contributed by atoms with van der Waals surface area (Å²) in [6, 6.07) is 22.0. The number of benzene rings is 2. The van der Waals surface area contributed by atoms with Gasteiger partial charge in [-0.1, -0.05) is 54.1 Å². The highest BCUT2D eigenvalue weighted by Crippen LogP contribution is 2.27. The number of fused-ring (bicyclic) bond motifs is 2. The summed E-state index contributed by atoms with van der Waals surface area (Å²) in [7, 11) is 0. The van der Waals surface area contributed by atoms with Gasteiger partial charge in [-0.05, 0) is 24.1 Å². The van der Waals surface area contributed by atoms with Crippen molar-refractivity contribution in [2.24, 2.45) is 0 Å². The predicted octanol–water partition coefficient (Wildman–Crippen LogP) is 3.90. The SMILES string of the molecule is Cc1ccc(-c2ccc[n+]3c2Cc2ccccc2C3)cc1. The summed E-state index contributed by atoms with van der Waals surface area (Å²) in [5.41, 5.74) is 8.28. The summed E-state index contributed by atoms with van der Waals surface area (Å²) >= 11 is 0. The minimum atomic E-state index is 0.977. The molecule has 4 rings (SSSR count). The van der Waals surface area contributed by atoms with Crippen LogP contribution in [0.15, 0.2) is 66.9 Å². The highest BCUT2D eigenvalue weighted by atomic mass is 15.0. The average molecular weight is 272 g/mol. The maximum absolute atomic E-state index is 2.39. The molecule has 0 atom stereocenters. The topological polar surface area (TPSA) is 3.88 Å². The Morgan fingerprint density at radius 2 is 1.57 bits per heavy atom. The average Bonchev–Trinajstić information content (AvgIpc) is 2.53. The van der Waals surface area contributed by atoms with Crippen LogP contribution in [0.4, 0.5) is 0 Å². The Hall–Kier alpha value is -2.41. The van der Waals surface area contributed by atoms with Crippen molar-refractivity contribution in [3.63, 3.8) is 0 Å². The van der Waals surface area contributed by atoms with Gasteiger partial charge in [0.25, 0.3) is 0 Å². The summed E-state index contributed by atoms with van der Waals surface area (Å²) in [5, 5.41) is 0. The molecular formula is C20H18N+. The van der Waals surface area contributed by atoms with Crippen molar-refractivity contribution in [3.05, 3.63) is 89.2 Å². The molecule has 0 spiro atoms. The van der Waals surface area contributed by atoms with Crippen molar-refractivity contribution in [1.82, 2.24) is 0 Å². The second-order valence-electron chi connectivity index (χ2n) is 5.81. The first-order valence-electron chi connectivity index (χ1n) is 7.46. The zero-order chi connectivity index (χ0) is 14.2. The molecule has 2 heterocycles. The van der Waals surface area contributed by atoms with E-state index in [4.69, 9.17) is 0 Å². The van der Waals surface area contributed by atoms with E-state index in [0.717, 1.165) is 13.0 Å². The molecule has 0 amide bonds. The van der Waals surface area contributed by atoms with Gasteiger partial charge in [0.1, 0.15) is 0 Å². The molecular weight excluding hydrogens is 254 g/mol. The molecule has 0 fully saturated rings. The van der Waals surface area contributed by atoms with E-state index in [0.29, 0.717) is 0 Å². The maximum Gasteiger partial charge on any atom is 0.193 e. The van der Waals surface area contributed by atoms with Gasteiger partial charge in [-0.15, -0.1) is 0 Å². The van der Waals surface area contributed by atoms with Crippen LogP contribution in [0, 0.1) is 6.92 Å². The van der Waals surface area contributed by atoms with E-state index in [-0.39, 0.29) is 0 Å². The van der Waals surface area contributed by atoms with Gasteiger partial charge in [0.15, 0.2) is 18.4 Å². The molecule has 0 radical (unpaired) electrons. The number of nitrogens with zero attached hydrogens (tertiary/aromatic N) is 1. The summed E-state index contributed by atoms with van der Waals surface area (Å²) in [5.74, 6) is 0. The molecule has 0 bridgehead atoms. The minimum absolute atomic E-state index is 0.977. The van der Waals surface area contributed by atoms with Gasteiger partial charge in [0.05, 0.1) is 6.42 Å². The third-order valence-electron chi connectivity index (χ3n) is 4.37. The van der Waals surface area contributed by atoms with E-state index in [9.17, 15) is 0 Å².